The first-order chi connectivity index (χ1) is 7.42. The minimum atomic E-state index is -3.53. The molecule has 0 aliphatic heterocycles. The molecule has 88 valence electrons. The van der Waals surface area contributed by atoms with E-state index in [9.17, 15) is 13.2 Å². The Morgan fingerprint density at radius 2 is 2.12 bits per heavy atom. The molecule has 0 radical (unpaired) electrons. The van der Waals surface area contributed by atoms with Crippen molar-refractivity contribution in [2.45, 2.75) is 0 Å². The summed E-state index contributed by atoms with van der Waals surface area (Å²) in [5.41, 5.74) is 0.348. The number of carbonyl (C=O) groups excluding carboxylic acids is 1. The summed E-state index contributed by atoms with van der Waals surface area (Å²) in [5, 5.41) is 5.05. The van der Waals surface area contributed by atoms with Crippen LogP contribution in [0.3, 0.4) is 0 Å². The van der Waals surface area contributed by atoms with Gasteiger partial charge in [0.1, 0.15) is 12.4 Å². The number of primary sulfonamides is 1. The SMILES string of the molecule is NS(=O)(=O)CCOc1ccc(C=O)c(Cl)c1. The Hall–Kier alpha value is -1.11. The van der Waals surface area contributed by atoms with Crippen molar-refractivity contribution in [3.05, 3.63) is 28.8 Å². The topological polar surface area (TPSA) is 86.5 Å². The summed E-state index contributed by atoms with van der Waals surface area (Å²) in [6.07, 6.45) is 0.621. The van der Waals surface area contributed by atoms with E-state index in [4.69, 9.17) is 21.5 Å². The molecule has 1 aromatic carbocycles. The zero-order valence-corrected chi connectivity index (χ0v) is 9.79. The minimum Gasteiger partial charge on any atom is -0.492 e. The van der Waals surface area contributed by atoms with E-state index in [2.05, 4.69) is 0 Å². The van der Waals surface area contributed by atoms with Crippen molar-refractivity contribution in [3.63, 3.8) is 0 Å². The van der Waals surface area contributed by atoms with E-state index in [0.717, 1.165) is 0 Å². The molecule has 0 fully saturated rings. The first-order valence-electron chi connectivity index (χ1n) is 4.30. The van der Waals surface area contributed by atoms with E-state index in [1.165, 1.54) is 18.2 Å². The number of ether oxygens (including phenoxy) is 1. The van der Waals surface area contributed by atoms with Crippen LogP contribution in [-0.2, 0) is 10.0 Å². The lowest BCUT2D eigenvalue weighted by Crippen LogP contribution is -2.21. The van der Waals surface area contributed by atoms with Gasteiger partial charge in [-0.15, -0.1) is 0 Å². The predicted molar refractivity (Wildman–Crippen MR) is 60.3 cm³/mol. The van der Waals surface area contributed by atoms with E-state index < -0.39 is 10.0 Å². The van der Waals surface area contributed by atoms with Gasteiger partial charge in [0.05, 0.1) is 10.8 Å². The number of carbonyl (C=O) groups is 1. The van der Waals surface area contributed by atoms with Crippen LogP contribution in [0.15, 0.2) is 18.2 Å². The molecule has 5 nitrogen and oxygen atoms in total. The van der Waals surface area contributed by atoms with Crippen LogP contribution in [0.4, 0.5) is 0 Å². The molecule has 16 heavy (non-hydrogen) atoms. The van der Waals surface area contributed by atoms with E-state index in [1.807, 2.05) is 0 Å². The number of hydrogen-bond donors (Lipinski definition) is 1. The second-order valence-electron chi connectivity index (χ2n) is 3.02. The molecule has 0 unspecified atom stereocenters. The van der Waals surface area contributed by atoms with Gasteiger partial charge in [-0.25, -0.2) is 13.6 Å². The van der Waals surface area contributed by atoms with Crippen molar-refractivity contribution in [2.24, 2.45) is 5.14 Å². The highest BCUT2D eigenvalue weighted by Crippen LogP contribution is 2.21. The quantitative estimate of drug-likeness (QED) is 0.797. The van der Waals surface area contributed by atoms with E-state index in [1.54, 1.807) is 0 Å². The second-order valence-corrected chi connectivity index (χ2v) is 5.16. The Kier molecular flexibility index (Phi) is 4.28. The van der Waals surface area contributed by atoms with Crippen molar-refractivity contribution in [3.8, 4) is 5.75 Å². The average molecular weight is 264 g/mol. The second kappa shape index (κ2) is 5.29. The predicted octanol–water partition coefficient (Wildman–Crippen LogP) is 0.820. The van der Waals surface area contributed by atoms with Crippen molar-refractivity contribution < 1.29 is 17.9 Å². The number of hydrogen-bond acceptors (Lipinski definition) is 4. The molecule has 2 N–H and O–H groups in total. The molecule has 0 saturated heterocycles. The molecular formula is C9H10ClNO4S. The molecule has 0 spiro atoms. The fourth-order valence-electron chi connectivity index (χ4n) is 0.969. The summed E-state index contributed by atoms with van der Waals surface area (Å²) in [6, 6.07) is 4.45. The van der Waals surface area contributed by atoms with Crippen LogP contribution in [-0.4, -0.2) is 27.1 Å². The highest BCUT2D eigenvalue weighted by molar-refractivity contribution is 7.89. The van der Waals surface area contributed by atoms with Gasteiger partial charge in [0.25, 0.3) is 0 Å². The van der Waals surface area contributed by atoms with Gasteiger partial charge in [-0.1, -0.05) is 11.6 Å². The number of aldehydes is 1. The Bertz CT molecular complexity index is 486. The van der Waals surface area contributed by atoms with Crippen LogP contribution in [0.25, 0.3) is 0 Å². The average Bonchev–Trinajstić information content (AvgIpc) is 2.16. The first kappa shape index (κ1) is 13.0. The molecule has 0 aliphatic rings. The number of benzene rings is 1. The summed E-state index contributed by atoms with van der Waals surface area (Å²) in [7, 11) is -3.53. The normalized spacial score (nSPS) is 11.1. The molecule has 1 aromatic rings. The summed E-state index contributed by atoms with van der Waals surface area (Å²) in [4.78, 5) is 10.5. The van der Waals surface area contributed by atoms with Crippen LogP contribution in [0.1, 0.15) is 10.4 Å². The third-order valence-corrected chi connectivity index (χ3v) is 2.80. The zero-order chi connectivity index (χ0) is 12.2. The number of nitrogens with two attached hydrogens (primary N) is 1. The van der Waals surface area contributed by atoms with Gasteiger partial charge in [-0.3, -0.25) is 4.79 Å². The third-order valence-electron chi connectivity index (χ3n) is 1.74. The van der Waals surface area contributed by atoms with Gasteiger partial charge in [-0.05, 0) is 18.2 Å². The minimum absolute atomic E-state index is 0.0599. The lowest BCUT2D eigenvalue weighted by molar-refractivity contribution is 0.112. The van der Waals surface area contributed by atoms with Crippen molar-refractivity contribution in [1.29, 1.82) is 0 Å². The third kappa shape index (κ3) is 4.18. The highest BCUT2D eigenvalue weighted by Gasteiger charge is 2.05. The van der Waals surface area contributed by atoms with Crippen molar-refractivity contribution in [1.82, 2.24) is 0 Å². The van der Waals surface area contributed by atoms with Crippen LogP contribution in [0.2, 0.25) is 5.02 Å². The molecule has 0 amide bonds. The molecule has 7 heteroatoms. The summed E-state index contributed by atoms with van der Waals surface area (Å²) in [5.74, 6) is 0.110. The van der Waals surface area contributed by atoms with E-state index in [-0.39, 0.29) is 17.4 Å². The van der Waals surface area contributed by atoms with Crippen LogP contribution >= 0.6 is 11.6 Å². The van der Waals surface area contributed by atoms with Gasteiger partial charge < -0.3 is 4.74 Å². The van der Waals surface area contributed by atoms with Gasteiger partial charge in [-0.2, -0.15) is 0 Å². The molecule has 1 rings (SSSR count). The van der Waals surface area contributed by atoms with Crippen LogP contribution < -0.4 is 9.88 Å². The van der Waals surface area contributed by atoms with Gasteiger partial charge in [0.15, 0.2) is 6.29 Å². The van der Waals surface area contributed by atoms with Gasteiger partial charge in [0, 0.05) is 5.56 Å². The maximum Gasteiger partial charge on any atom is 0.212 e. The Balaban J connectivity index is 2.62. The van der Waals surface area contributed by atoms with Crippen molar-refractivity contribution >= 4 is 27.9 Å². The molecule has 0 atom stereocenters. The fraction of sp³-hybridized carbons (Fsp3) is 0.222. The maximum atomic E-state index is 10.6. The largest absolute Gasteiger partial charge is 0.492 e. The van der Waals surface area contributed by atoms with Crippen LogP contribution in [0.5, 0.6) is 5.75 Å². The Labute approximate surface area is 98.2 Å². The maximum absolute atomic E-state index is 10.6. The van der Waals surface area contributed by atoms with Crippen molar-refractivity contribution in [2.75, 3.05) is 12.4 Å². The molecule has 0 bridgehead atoms. The molecule has 0 aromatic heterocycles. The smallest absolute Gasteiger partial charge is 0.212 e. The molecule has 0 heterocycles. The molecular weight excluding hydrogens is 254 g/mol. The number of sulfonamides is 1. The van der Waals surface area contributed by atoms with E-state index in [0.29, 0.717) is 17.6 Å². The lowest BCUT2D eigenvalue weighted by atomic mass is 10.2. The number of halogens is 1. The summed E-state index contributed by atoms with van der Waals surface area (Å²) in [6.45, 7) is -0.0599. The summed E-state index contributed by atoms with van der Waals surface area (Å²) < 4.78 is 26.3. The standard InChI is InChI=1S/C9H10ClNO4S/c10-9-5-8(2-1-7(9)6-12)15-3-4-16(11,13)14/h1-2,5-6H,3-4H2,(H2,11,13,14). The van der Waals surface area contributed by atoms with E-state index >= 15 is 0 Å². The van der Waals surface area contributed by atoms with Crippen LogP contribution in [0, 0.1) is 0 Å². The number of rotatable bonds is 5. The van der Waals surface area contributed by atoms with Gasteiger partial charge >= 0.3 is 0 Å². The monoisotopic (exact) mass is 263 g/mol. The first-order valence-corrected chi connectivity index (χ1v) is 6.40. The van der Waals surface area contributed by atoms with Gasteiger partial charge in [0.2, 0.25) is 10.0 Å². The molecule has 0 aliphatic carbocycles. The fourth-order valence-corrected chi connectivity index (χ4v) is 1.50. The summed E-state index contributed by atoms with van der Waals surface area (Å²) >= 11 is 5.74. The zero-order valence-electron chi connectivity index (χ0n) is 8.22. The lowest BCUT2D eigenvalue weighted by Gasteiger charge is -2.06. The molecule has 0 saturated carbocycles. The Morgan fingerprint density at radius 3 is 2.62 bits per heavy atom. The highest BCUT2D eigenvalue weighted by atomic mass is 35.5. The Morgan fingerprint density at radius 1 is 1.44 bits per heavy atom.